The fraction of sp³-hybridized carbons (Fsp3) is 0.241. The Bertz CT molecular complexity index is 1760. The molecule has 1 saturated heterocycles. The molecule has 2 aromatic carbocycles. The quantitative estimate of drug-likeness (QED) is 0.300. The zero-order valence-corrected chi connectivity index (χ0v) is 22.6. The Kier molecular flexibility index (Phi) is 6.58. The van der Waals surface area contributed by atoms with E-state index < -0.39 is 10.0 Å². The molecular weight excluding hydrogens is 514 g/mol. The van der Waals surface area contributed by atoms with Crippen LogP contribution in [-0.4, -0.2) is 55.8 Å². The van der Waals surface area contributed by atoms with Gasteiger partial charge in [0.25, 0.3) is 10.0 Å². The van der Waals surface area contributed by atoms with E-state index in [9.17, 15) is 8.42 Å². The third-order valence-electron chi connectivity index (χ3n) is 7.26. The van der Waals surface area contributed by atoms with Crippen LogP contribution in [-0.2, 0) is 14.8 Å². The highest BCUT2D eigenvalue weighted by Crippen LogP contribution is 2.34. The molecule has 1 aliphatic heterocycles. The van der Waals surface area contributed by atoms with Crippen LogP contribution < -0.4 is 15.0 Å². The van der Waals surface area contributed by atoms with E-state index in [4.69, 9.17) is 9.47 Å². The molecule has 39 heavy (non-hydrogen) atoms. The van der Waals surface area contributed by atoms with Gasteiger partial charge in [0, 0.05) is 67.4 Å². The van der Waals surface area contributed by atoms with Crippen molar-refractivity contribution >= 4 is 49.0 Å². The van der Waals surface area contributed by atoms with Crippen LogP contribution in [0.1, 0.15) is 12.8 Å². The van der Waals surface area contributed by atoms with E-state index in [1.807, 2.05) is 24.3 Å². The number of benzene rings is 2. The van der Waals surface area contributed by atoms with E-state index in [0.29, 0.717) is 34.1 Å². The highest BCUT2D eigenvalue weighted by Gasteiger charge is 2.23. The zero-order valence-electron chi connectivity index (χ0n) is 21.7. The van der Waals surface area contributed by atoms with E-state index in [1.54, 1.807) is 63.1 Å². The molecule has 5 aromatic rings. The Morgan fingerprint density at radius 1 is 0.949 bits per heavy atom. The monoisotopic (exact) mass is 543 g/mol. The van der Waals surface area contributed by atoms with Crippen molar-refractivity contribution in [1.29, 1.82) is 0 Å². The number of piperidine rings is 1. The van der Waals surface area contributed by atoms with Crippen LogP contribution >= 0.6 is 0 Å². The summed E-state index contributed by atoms with van der Waals surface area (Å²) in [4.78, 5) is 11.3. The first-order valence-corrected chi connectivity index (χ1v) is 14.2. The van der Waals surface area contributed by atoms with Gasteiger partial charge in [-0.05, 0) is 43.2 Å². The van der Waals surface area contributed by atoms with Gasteiger partial charge >= 0.3 is 0 Å². The molecule has 6 rings (SSSR count). The van der Waals surface area contributed by atoms with Crippen LogP contribution in [0.15, 0.2) is 84.1 Å². The van der Waals surface area contributed by atoms with Crippen LogP contribution in [0.5, 0.6) is 5.75 Å². The zero-order chi connectivity index (χ0) is 27.0. The molecule has 3 aromatic heterocycles. The summed E-state index contributed by atoms with van der Waals surface area (Å²) in [5, 5.41) is 4.77. The van der Waals surface area contributed by atoms with E-state index in [0.717, 1.165) is 42.7 Å². The van der Waals surface area contributed by atoms with Gasteiger partial charge in [-0.3, -0.25) is 4.98 Å². The number of aromatic nitrogens is 3. The second-order valence-corrected chi connectivity index (χ2v) is 11.3. The SMILES string of the molecule is COc1cc(N2CCC(OC)CC2)ccc1Nc1cc2c(ccn2S(=O)(=O)c2cccc3cccnc23)cn1. The number of ether oxygens (including phenoxy) is 2. The molecule has 0 saturated carbocycles. The second kappa shape index (κ2) is 10.2. The Morgan fingerprint density at radius 2 is 1.77 bits per heavy atom. The summed E-state index contributed by atoms with van der Waals surface area (Å²) in [7, 11) is -0.517. The Hall–Kier alpha value is -4.15. The Labute approximate surface area is 227 Å². The fourth-order valence-corrected chi connectivity index (χ4v) is 6.65. The summed E-state index contributed by atoms with van der Waals surface area (Å²) in [6.45, 7) is 1.84. The van der Waals surface area contributed by atoms with Gasteiger partial charge in [-0.1, -0.05) is 18.2 Å². The molecule has 9 nitrogen and oxygen atoms in total. The summed E-state index contributed by atoms with van der Waals surface area (Å²) in [5.41, 5.74) is 2.76. The van der Waals surface area contributed by atoms with Crippen LogP contribution in [0.2, 0.25) is 0 Å². The molecule has 0 atom stereocenters. The van der Waals surface area contributed by atoms with E-state index in [1.165, 1.54) is 3.97 Å². The average Bonchev–Trinajstić information content (AvgIpc) is 3.41. The van der Waals surface area contributed by atoms with Gasteiger partial charge in [0.2, 0.25) is 0 Å². The normalized spacial score (nSPS) is 14.7. The van der Waals surface area contributed by atoms with Crippen molar-refractivity contribution in [3.05, 3.63) is 79.3 Å². The largest absolute Gasteiger partial charge is 0.494 e. The van der Waals surface area contributed by atoms with Crippen LogP contribution in [0.4, 0.5) is 17.2 Å². The van der Waals surface area contributed by atoms with Crippen LogP contribution in [0.3, 0.4) is 0 Å². The van der Waals surface area contributed by atoms with Gasteiger partial charge in [-0.2, -0.15) is 0 Å². The summed E-state index contributed by atoms with van der Waals surface area (Å²) in [5.74, 6) is 1.17. The van der Waals surface area contributed by atoms with Crippen molar-refractivity contribution in [3.63, 3.8) is 0 Å². The minimum atomic E-state index is -3.92. The number of hydrogen-bond donors (Lipinski definition) is 1. The summed E-state index contributed by atoms with van der Waals surface area (Å²) >= 11 is 0. The van der Waals surface area contributed by atoms with Gasteiger partial charge in [-0.15, -0.1) is 0 Å². The predicted molar refractivity (Wildman–Crippen MR) is 153 cm³/mol. The maximum Gasteiger partial charge on any atom is 0.270 e. The van der Waals surface area contributed by atoms with Gasteiger partial charge in [0.15, 0.2) is 0 Å². The lowest BCUT2D eigenvalue weighted by Crippen LogP contribution is -2.36. The summed E-state index contributed by atoms with van der Waals surface area (Å²) in [6, 6.07) is 18.3. The molecule has 1 N–H and O–H groups in total. The maximum atomic E-state index is 13.8. The lowest BCUT2D eigenvalue weighted by atomic mass is 10.1. The van der Waals surface area contributed by atoms with Crippen molar-refractivity contribution in [2.45, 2.75) is 23.8 Å². The number of pyridine rings is 2. The number of nitrogens with zero attached hydrogens (tertiary/aromatic N) is 4. The number of hydrogen-bond acceptors (Lipinski definition) is 8. The fourth-order valence-electron chi connectivity index (χ4n) is 5.14. The molecule has 1 aliphatic rings. The molecule has 0 radical (unpaired) electrons. The van der Waals surface area contributed by atoms with Gasteiger partial charge < -0.3 is 19.7 Å². The highest BCUT2D eigenvalue weighted by atomic mass is 32.2. The molecule has 10 heteroatoms. The van der Waals surface area contributed by atoms with Crippen molar-refractivity contribution in [3.8, 4) is 5.75 Å². The lowest BCUT2D eigenvalue weighted by Gasteiger charge is -2.33. The molecule has 0 aliphatic carbocycles. The maximum absolute atomic E-state index is 13.8. The topological polar surface area (TPSA) is 98.6 Å². The third-order valence-corrected chi connectivity index (χ3v) is 8.98. The minimum Gasteiger partial charge on any atom is -0.494 e. The molecule has 1 fully saturated rings. The van der Waals surface area contributed by atoms with E-state index in [-0.39, 0.29) is 4.90 Å². The van der Waals surface area contributed by atoms with Crippen molar-refractivity contribution in [1.82, 2.24) is 13.9 Å². The molecule has 0 spiro atoms. The Morgan fingerprint density at radius 3 is 2.56 bits per heavy atom. The highest BCUT2D eigenvalue weighted by molar-refractivity contribution is 7.90. The molecule has 4 heterocycles. The van der Waals surface area contributed by atoms with Crippen LogP contribution in [0, 0.1) is 0 Å². The number of fused-ring (bicyclic) bond motifs is 2. The molecule has 200 valence electrons. The smallest absolute Gasteiger partial charge is 0.270 e. The van der Waals surface area contributed by atoms with Gasteiger partial charge in [0.1, 0.15) is 16.5 Å². The number of nitrogens with one attached hydrogen (secondary N) is 1. The molecule has 0 unspecified atom stereocenters. The van der Waals surface area contributed by atoms with Crippen molar-refractivity contribution in [2.75, 3.05) is 37.5 Å². The first-order chi connectivity index (χ1) is 19.0. The Balaban J connectivity index is 1.32. The first kappa shape index (κ1) is 25.1. The standard InChI is InChI=1S/C29H29N5O4S/c1-37-23-11-14-33(15-12-23)22-8-9-24(26(17-22)38-2)32-28-18-25-21(19-31-28)10-16-34(25)39(35,36)27-7-3-5-20-6-4-13-30-29(20)27/h3-10,13,16-19,23H,11-12,14-15H2,1-2H3,(H,31,32). The third kappa shape index (κ3) is 4.66. The van der Waals surface area contributed by atoms with E-state index >= 15 is 0 Å². The number of methoxy groups -OCH3 is 2. The number of anilines is 3. The predicted octanol–water partition coefficient (Wildman–Crippen LogP) is 5.19. The minimum absolute atomic E-state index is 0.149. The van der Waals surface area contributed by atoms with Crippen LogP contribution in [0.25, 0.3) is 21.8 Å². The lowest BCUT2D eigenvalue weighted by molar-refractivity contribution is 0.0819. The van der Waals surface area contributed by atoms with Gasteiger partial charge in [0.05, 0.1) is 29.9 Å². The van der Waals surface area contributed by atoms with Gasteiger partial charge in [-0.25, -0.2) is 17.4 Å². The number of rotatable bonds is 7. The number of para-hydroxylation sites is 1. The summed E-state index contributed by atoms with van der Waals surface area (Å²) in [6.07, 6.45) is 7.09. The molecule has 0 bridgehead atoms. The first-order valence-electron chi connectivity index (χ1n) is 12.8. The average molecular weight is 544 g/mol. The second-order valence-electron chi connectivity index (χ2n) is 9.51. The molecular formula is C29H29N5O4S. The molecule has 0 amide bonds. The van der Waals surface area contributed by atoms with Crippen molar-refractivity contribution < 1.29 is 17.9 Å². The van der Waals surface area contributed by atoms with E-state index in [2.05, 4.69) is 26.3 Å². The summed E-state index contributed by atoms with van der Waals surface area (Å²) < 4.78 is 40.0. The van der Waals surface area contributed by atoms with Crippen molar-refractivity contribution in [2.24, 2.45) is 0 Å².